The van der Waals surface area contributed by atoms with Crippen molar-refractivity contribution in [1.29, 1.82) is 0 Å². The highest BCUT2D eigenvalue weighted by Gasteiger charge is 2.31. The van der Waals surface area contributed by atoms with E-state index in [1.165, 1.54) is 7.11 Å². The highest BCUT2D eigenvalue weighted by atomic mass is 16.5. The Morgan fingerprint density at radius 1 is 1.59 bits per heavy atom. The number of ether oxygens (including phenoxy) is 1. The molecule has 0 aromatic carbocycles. The molecule has 17 heavy (non-hydrogen) atoms. The van der Waals surface area contributed by atoms with Crippen molar-refractivity contribution >= 4 is 17.6 Å². The number of nitrogens with two attached hydrogens (primary N) is 1. The Morgan fingerprint density at radius 2 is 2.29 bits per heavy atom. The van der Waals surface area contributed by atoms with Crippen molar-refractivity contribution in [2.75, 3.05) is 13.7 Å². The van der Waals surface area contributed by atoms with Gasteiger partial charge < -0.3 is 15.8 Å². The number of primary amides is 1. The average Bonchev–Trinajstić information content (AvgIpc) is 2.26. The van der Waals surface area contributed by atoms with Crippen molar-refractivity contribution in [1.82, 2.24) is 5.32 Å². The topological polar surface area (TPSA) is 98.5 Å². The zero-order chi connectivity index (χ0) is 12.8. The van der Waals surface area contributed by atoms with Crippen molar-refractivity contribution in [3.63, 3.8) is 0 Å². The number of rotatable bonds is 5. The van der Waals surface area contributed by atoms with Crippen LogP contribution in [0.15, 0.2) is 0 Å². The molecule has 3 N–H and O–H groups in total. The number of methoxy groups -OCH3 is 1. The minimum absolute atomic E-state index is 0.119. The third-order valence-corrected chi connectivity index (χ3v) is 2.89. The first-order valence-electron chi connectivity index (χ1n) is 5.64. The Morgan fingerprint density at radius 3 is 2.82 bits per heavy atom. The molecule has 96 valence electrons. The lowest BCUT2D eigenvalue weighted by Crippen LogP contribution is -2.51. The zero-order valence-corrected chi connectivity index (χ0v) is 9.90. The predicted molar refractivity (Wildman–Crippen MR) is 60.0 cm³/mol. The number of Topliss-reactive ketones (excluding diaryl/α,β-unsaturated/α-hetero) is 1. The summed E-state index contributed by atoms with van der Waals surface area (Å²) in [4.78, 5) is 34.0. The number of ketones is 1. The van der Waals surface area contributed by atoms with Gasteiger partial charge in [0.15, 0.2) is 0 Å². The Hall–Kier alpha value is -1.43. The number of nitrogens with one attached hydrogen (secondary N) is 1. The molecule has 0 radical (unpaired) electrons. The van der Waals surface area contributed by atoms with E-state index in [-0.39, 0.29) is 18.3 Å². The summed E-state index contributed by atoms with van der Waals surface area (Å²) in [5.74, 6) is -1.06. The lowest BCUT2D eigenvalue weighted by molar-refractivity contribution is -0.132. The first kappa shape index (κ1) is 13.6. The van der Waals surface area contributed by atoms with Gasteiger partial charge in [0, 0.05) is 20.0 Å². The van der Waals surface area contributed by atoms with Crippen LogP contribution in [-0.4, -0.2) is 37.4 Å². The summed E-state index contributed by atoms with van der Waals surface area (Å²) in [5, 5.41) is 2.52. The molecule has 1 saturated carbocycles. The van der Waals surface area contributed by atoms with Gasteiger partial charge in [-0.1, -0.05) is 0 Å². The van der Waals surface area contributed by atoms with Crippen molar-refractivity contribution in [2.24, 2.45) is 11.7 Å². The van der Waals surface area contributed by atoms with Crippen LogP contribution in [0.4, 0.5) is 0 Å². The minimum atomic E-state index is -0.776. The summed E-state index contributed by atoms with van der Waals surface area (Å²) in [6.45, 7) is -0.121. The molecule has 6 nitrogen and oxygen atoms in total. The Bertz CT molecular complexity index is 317. The first-order valence-corrected chi connectivity index (χ1v) is 5.64. The number of carbonyl (C=O) groups excluding carboxylic acids is 3. The first-order chi connectivity index (χ1) is 8.04. The second kappa shape index (κ2) is 6.34. The van der Waals surface area contributed by atoms with Gasteiger partial charge in [0.1, 0.15) is 18.4 Å². The van der Waals surface area contributed by atoms with E-state index in [4.69, 9.17) is 5.73 Å². The van der Waals surface area contributed by atoms with E-state index in [0.717, 1.165) is 12.8 Å². The molecule has 0 unspecified atom stereocenters. The van der Waals surface area contributed by atoms with Gasteiger partial charge in [0.25, 0.3) is 0 Å². The van der Waals surface area contributed by atoms with E-state index in [0.29, 0.717) is 12.8 Å². The van der Waals surface area contributed by atoms with Gasteiger partial charge in [0.05, 0.1) is 0 Å². The van der Waals surface area contributed by atoms with Crippen LogP contribution in [0.1, 0.15) is 25.7 Å². The van der Waals surface area contributed by atoms with Gasteiger partial charge in [-0.3, -0.25) is 14.4 Å². The predicted octanol–water partition coefficient (Wildman–Crippen LogP) is -0.638. The molecule has 0 aromatic heterocycles. The maximum atomic E-state index is 11.4. The summed E-state index contributed by atoms with van der Waals surface area (Å²) in [7, 11) is 1.39. The van der Waals surface area contributed by atoms with E-state index in [9.17, 15) is 14.4 Å². The average molecular weight is 242 g/mol. The van der Waals surface area contributed by atoms with Gasteiger partial charge in [0.2, 0.25) is 11.8 Å². The highest BCUT2D eigenvalue weighted by molar-refractivity contribution is 5.88. The fourth-order valence-electron chi connectivity index (χ4n) is 2.11. The number of amides is 2. The smallest absolute Gasteiger partial charge is 0.246 e. The Balaban J connectivity index is 2.61. The van der Waals surface area contributed by atoms with Crippen molar-refractivity contribution in [2.45, 2.75) is 31.7 Å². The van der Waals surface area contributed by atoms with Gasteiger partial charge in [-0.05, 0) is 18.8 Å². The van der Waals surface area contributed by atoms with Gasteiger partial charge in [-0.15, -0.1) is 0 Å². The van der Waals surface area contributed by atoms with Gasteiger partial charge in [-0.2, -0.15) is 0 Å². The molecule has 0 heterocycles. The maximum absolute atomic E-state index is 11.4. The monoisotopic (exact) mass is 242 g/mol. The van der Waals surface area contributed by atoms with Crippen LogP contribution in [0, 0.1) is 5.92 Å². The van der Waals surface area contributed by atoms with Crippen LogP contribution < -0.4 is 11.1 Å². The fraction of sp³-hybridized carbons (Fsp3) is 0.727. The third kappa shape index (κ3) is 4.14. The molecule has 6 heteroatoms. The van der Waals surface area contributed by atoms with Crippen molar-refractivity contribution < 1.29 is 19.1 Å². The molecule has 2 atom stereocenters. The maximum Gasteiger partial charge on any atom is 0.246 e. The van der Waals surface area contributed by atoms with Gasteiger partial charge in [-0.25, -0.2) is 0 Å². The third-order valence-electron chi connectivity index (χ3n) is 2.89. The Labute approximate surface area is 99.9 Å². The summed E-state index contributed by atoms with van der Waals surface area (Å²) in [6, 6.07) is -0.776. The molecular weight excluding hydrogens is 224 g/mol. The molecule has 0 bridgehead atoms. The lowest BCUT2D eigenvalue weighted by atomic mass is 9.83. The van der Waals surface area contributed by atoms with E-state index in [1.54, 1.807) is 0 Å². The molecule has 0 spiro atoms. The SMILES string of the molecule is COCC(=O)N[C@@H](C(N)=O)[C@H]1CCCC(=O)C1. The number of carbonyl (C=O) groups is 3. The minimum Gasteiger partial charge on any atom is -0.375 e. The van der Waals surface area contributed by atoms with Crippen LogP contribution in [0.25, 0.3) is 0 Å². The van der Waals surface area contributed by atoms with Crippen LogP contribution in [0.3, 0.4) is 0 Å². The summed E-state index contributed by atoms with van der Waals surface area (Å²) in [5.41, 5.74) is 5.25. The van der Waals surface area contributed by atoms with Crippen LogP contribution >= 0.6 is 0 Å². The number of hydrogen-bond donors (Lipinski definition) is 2. The standard InChI is InChI=1S/C11H18N2O4/c1-17-6-9(15)13-10(11(12)16)7-3-2-4-8(14)5-7/h7,10H,2-6H2,1H3,(H2,12,16)(H,13,15)/t7-,10+/m0/s1. The van der Waals surface area contributed by atoms with E-state index in [1.807, 2.05) is 0 Å². The quantitative estimate of drug-likeness (QED) is 0.670. The highest BCUT2D eigenvalue weighted by Crippen LogP contribution is 2.24. The van der Waals surface area contributed by atoms with Crippen molar-refractivity contribution in [3.8, 4) is 0 Å². The molecule has 0 saturated heterocycles. The van der Waals surface area contributed by atoms with E-state index >= 15 is 0 Å². The lowest BCUT2D eigenvalue weighted by Gasteiger charge is -2.27. The molecule has 1 aliphatic carbocycles. The summed E-state index contributed by atoms with van der Waals surface area (Å²) < 4.78 is 4.66. The molecule has 1 aliphatic rings. The van der Waals surface area contributed by atoms with Crippen molar-refractivity contribution in [3.05, 3.63) is 0 Å². The molecule has 0 aliphatic heterocycles. The summed E-state index contributed by atoms with van der Waals surface area (Å²) >= 11 is 0. The molecule has 2 amide bonds. The second-order valence-corrected chi connectivity index (χ2v) is 4.28. The van der Waals surface area contributed by atoms with Crippen LogP contribution in [0.2, 0.25) is 0 Å². The molecule has 1 rings (SSSR count). The van der Waals surface area contributed by atoms with Gasteiger partial charge >= 0.3 is 0 Å². The van der Waals surface area contributed by atoms with Crippen LogP contribution in [0.5, 0.6) is 0 Å². The largest absolute Gasteiger partial charge is 0.375 e. The molecule has 0 aromatic rings. The second-order valence-electron chi connectivity index (χ2n) is 4.28. The summed E-state index contributed by atoms with van der Waals surface area (Å²) in [6.07, 6.45) is 2.33. The molecular formula is C11H18N2O4. The van der Waals surface area contributed by atoms with E-state index in [2.05, 4.69) is 10.1 Å². The normalized spacial score (nSPS) is 21.9. The number of hydrogen-bond acceptors (Lipinski definition) is 4. The Kier molecular flexibility index (Phi) is 5.09. The fourth-order valence-corrected chi connectivity index (χ4v) is 2.11. The van der Waals surface area contributed by atoms with E-state index < -0.39 is 17.9 Å². The zero-order valence-electron chi connectivity index (χ0n) is 9.90. The van der Waals surface area contributed by atoms with Crippen LogP contribution in [-0.2, 0) is 19.1 Å². The molecule has 1 fully saturated rings.